The van der Waals surface area contributed by atoms with Crippen molar-refractivity contribution >= 4 is 17.5 Å². The van der Waals surface area contributed by atoms with Crippen LogP contribution in [0.4, 0.5) is 5.69 Å². The highest BCUT2D eigenvalue weighted by Crippen LogP contribution is 2.21. The van der Waals surface area contributed by atoms with Gasteiger partial charge in [0.15, 0.2) is 0 Å². The molecule has 2 aromatic rings. The van der Waals surface area contributed by atoms with Gasteiger partial charge in [-0.3, -0.25) is 9.59 Å². The topological polar surface area (TPSA) is 53.9 Å². The van der Waals surface area contributed by atoms with Crippen LogP contribution in [-0.2, 0) is 22.6 Å². The van der Waals surface area contributed by atoms with Crippen molar-refractivity contribution < 1.29 is 14.5 Å². The molecular formula is C23H28N3O2+. The Bertz CT molecular complexity index is 820. The van der Waals surface area contributed by atoms with Gasteiger partial charge >= 0.3 is 0 Å². The Morgan fingerprint density at radius 2 is 1.86 bits per heavy atom. The van der Waals surface area contributed by atoms with Gasteiger partial charge in [0.2, 0.25) is 11.8 Å². The van der Waals surface area contributed by atoms with E-state index in [1.165, 1.54) is 10.5 Å². The second-order valence-electron chi connectivity index (χ2n) is 7.91. The number of anilines is 1. The minimum atomic E-state index is 0.0796. The van der Waals surface area contributed by atoms with Crippen LogP contribution in [-0.4, -0.2) is 37.5 Å². The molecule has 28 heavy (non-hydrogen) atoms. The van der Waals surface area contributed by atoms with Crippen molar-refractivity contribution in [3.63, 3.8) is 0 Å². The summed E-state index contributed by atoms with van der Waals surface area (Å²) in [6.45, 7) is 3.89. The van der Waals surface area contributed by atoms with Gasteiger partial charge in [-0.25, -0.2) is 0 Å². The summed E-state index contributed by atoms with van der Waals surface area (Å²) in [5, 5.41) is 3.20. The Kier molecular flexibility index (Phi) is 5.72. The van der Waals surface area contributed by atoms with E-state index in [9.17, 15) is 9.59 Å². The number of hydrogen-bond donors (Lipinski definition) is 2. The van der Waals surface area contributed by atoms with Gasteiger partial charge in [0.1, 0.15) is 6.54 Å². The molecule has 0 saturated carbocycles. The first-order valence-corrected chi connectivity index (χ1v) is 10.2. The van der Waals surface area contributed by atoms with Crippen LogP contribution >= 0.6 is 0 Å². The third-order valence-electron chi connectivity index (χ3n) is 5.73. The van der Waals surface area contributed by atoms with Gasteiger partial charge in [0.25, 0.3) is 0 Å². The standard InChI is InChI=1S/C23H27N3O2/c27-22(15-18-8-10-21(11-9-18)26-13-4-7-23(26)28)24-20-12-14-25(17-20)16-19-5-2-1-3-6-19/h1-3,5-6,8-11,20H,4,7,12-17H2,(H,24,27)/p+1/t20-/m1/s1. The van der Waals surface area contributed by atoms with E-state index in [0.29, 0.717) is 12.8 Å². The Morgan fingerprint density at radius 3 is 2.57 bits per heavy atom. The first-order chi connectivity index (χ1) is 13.7. The predicted octanol–water partition coefficient (Wildman–Crippen LogP) is 1.33. The first-order valence-electron chi connectivity index (χ1n) is 10.2. The lowest BCUT2D eigenvalue weighted by molar-refractivity contribution is -0.901. The minimum absolute atomic E-state index is 0.0796. The summed E-state index contributed by atoms with van der Waals surface area (Å²) in [5.41, 5.74) is 3.27. The largest absolute Gasteiger partial charge is 0.347 e. The zero-order valence-electron chi connectivity index (χ0n) is 16.2. The van der Waals surface area contributed by atoms with Gasteiger partial charge in [0, 0.05) is 30.6 Å². The highest BCUT2D eigenvalue weighted by Gasteiger charge is 2.27. The molecule has 2 saturated heterocycles. The van der Waals surface area contributed by atoms with E-state index >= 15 is 0 Å². The van der Waals surface area contributed by atoms with Gasteiger partial charge in [-0.05, 0) is 24.1 Å². The second-order valence-corrected chi connectivity index (χ2v) is 7.91. The van der Waals surface area contributed by atoms with Crippen LogP contribution in [0.1, 0.15) is 30.4 Å². The molecule has 2 amide bonds. The van der Waals surface area contributed by atoms with E-state index in [-0.39, 0.29) is 17.9 Å². The molecule has 2 N–H and O–H groups in total. The monoisotopic (exact) mass is 378 g/mol. The third kappa shape index (κ3) is 4.60. The molecule has 5 heteroatoms. The SMILES string of the molecule is O=C(Cc1ccc(N2CCCC2=O)cc1)N[C@@H]1CC[NH+](Cc2ccccc2)C1. The van der Waals surface area contributed by atoms with Crippen LogP contribution in [0.15, 0.2) is 54.6 Å². The number of quaternary nitrogens is 1. The maximum Gasteiger partial charge on any atom is 0.227 e. The number of rotatable bonds is 6. The van der Waals surface area contributed by atoms with E-state index in [4.69, 9.17) is 0 Å². The number of likely N-dealkylation sites (tertiary alicyclic amines) is 1. The summed E-state index contributed by atoms with van der Waals surface area (Å²) in [6, 6.07) is 18.6. The maximum atomic E-state index is 12.4. The van der Waals surface area contributed by atoms with E-state index in [2.05, 4.69) is 29.6 Å². The van der Waals surface area contributed by atoms with Crippen LogP contribution < -0.4 is 15.1 Å². The lowest BCUT2D eigenvalue weighted by atomic mass is 10.1. The second kappa shape index (κ2) is 8.57. The number of carbonyl (C=O) groups is 2. The highest BCUT2D eigenvalue weighted by atomic mass is 16.2. The maximum absolute atomic E-state index is 12.4. The first kappa shape index (κ1) is 18.7. The van der Waals surface area contributed by atoms with Gasteiger partial charge in [-0.2, -0.15) is 0 Å². The molecule has 0 radical (unpaired) electrons. The fraction of sp³-hybridized carbons (Fsp3) is 0.391. The third-order valence-corrected chi connectivity index (χ3v) is 5.73. The number of nitrogens with one attached hydrogen (secondary N) is 2. The van der Waals surface area contributed by atoms with E-state index in [0.717, 1.165) is 50.3 Å². The molecule has 2 heterocycles. The molecule has 0 aromatic heterocycles. The van der Waals surface area contributed by atoms with E-state index < -0.39 is 0 Å². The van der Waals surface area contributed by atoms with Gasteiger partial charge in [-0.1, -0.05) is 42.5 Å². The molecule has 2 atom stereocenters. The smallest absolute Gasteiger partial charge is 0.227 e. The summed E-state index contributed by atoms with van der Waals surface area (Å²) in [4.78, 5) is 27.6. The number of benzene rings is 2. The zero-order valence-corrected chi connectivity index (χ0v) is 16.2. The van der Waals surface area contributed by atoms with E-state index in [1.807, 2.05) is 35.2 Å². The lowest BCUT2D eigenvalue weighted by Gasteiger charge is -2.16. The predicted molar refractivity (Wildman–Crippen MR) is 109 cm³/mol. The van der Waals surface area contributed by atoms with Crippen molar-refractivity contribution in [2.24, 2.45) is 0 Å². The van der Waals surface area contributed by atoms with Gasteiger partial charge in [-0.15, -0.1) is 0 Å². The normalized spacial score (nSPS) is 21.9. The molecule has 2 aliphatic rings. The van der Waals surface area contributed by atoms with Crippen molar-refractivity contribution in [1.29, 1.82) is 0 Å². The van der Waals surface area contributed by atoms with Crippen molar-refractivity contribution in [2.75, 3.05) is 24.5 Å². The Morgan fingerprint density at radius 1 is 1.07 bits per heavy atom. The van der Waals surface area contributed by atoms with Gasteiger partial charge in [0.05, 0.1) is 25.6 Å². The molecule has 1 unspecified atom stereocenters. The fourth-order valence-corrected chi connectivity index (χ4v) is 4.28. The Labute approximate surface area is 166 Å². The molecular weight excluding hydrogens is 350 g/mol. The van der Waals surface area contributed by atoms with Crippen molar-refractivity contribution in [3.05, 3.63) is 65.7 Å². The number of amides is 2. The minimum Gasteiger partial charge on any atom is -0.347 e. The van der Waals surface area contributed by atoms with Crippen molar-refractivity contribution in [1.82, 2.24) is 5.32 Å². The molecule has 0 spiro atoms. The summed E-state index contributed by atoms with van der Waals surface area (Å²) in [5.74, 6) is 0.269. The molecule has 2 aromatic carbocycles. The molecule has 146 valence electrons. The van der Waals surface area contributed by atoms with Crippen LogP contribution in [0.2, 0.25) is 0 Å². The van der Waals surface area contributed by atoms with Crippen molar-refractivity contribution in [2.45, 2.75) is 38.3 Å². The Balaban J connectivity index is 1.25. The molecule has 0 aliphatic carbocycles. The number of nitrogens with zero attached hydrogens (tertiary/aromatic N) is 1. The average Bonchev–Trinajstić information content (AvgIpc) is 3.32. The van der Waals surface area contributed by atoms with Gasteiger partial charge < -0.3 is 15.1 Å². The Hall–Kier alpha value is -2.66. The fourth-order valence-electron chi connectivity index (χ4n) is 4.28. The molecule has 2 aliphatic heterocycles. The van der Waals surface area contributed by atoms with Crippen LogP contribution in [0, 0.1) is 0 Å². The molecule has 4 rings (SSSR count). The van der Waals surface area contributed by atoms with Crippen LogP contribution in [0.25, 0.3) is 0 Å². The molecule has 0 bridgehead atoms. The van der Waals surface area contributed by atoms with Crippen molar-refractivity contribution in [3.8, 4) is 0 Å². The number of hydrogen-bond acceptors (Lipinski definition) is 2. The lowest BCUT2D eigenvalue weighted by Crippen LogP contribution is -3.09. The van der Waals surface area contributed by atoms with E-state index in [1.54, 1.807) is 0 Å². The summed E-state index contributed by atoms with van der Waals surface area (Å²) >= 11 is 0. The van der Waals surface area contributed by atoms with Crippen LogP contribution in [0.3, 0.4) is 0 Å². The van der Waals surface area contributed by atoms with Crippen LogP contribution in [0.5, 0.6) is 0 Å². The summed E-state index contributed by atoms with van der Waals surface area (Å²) in [7, 11) is 0. The molecule has 5 nitrogen and oxygen atoms in total. The summed E-state index contributed by atoms with van der Waals surface area (Å²) in [6.07, 6.45) is 2.98. The average molecular weight is 378 g/mol. The summed E-state index contributed by atoms with van der Waals surface area (Å²) < 4.78 is 0. The number of carbonyl (C=O) groups excluding carboxylic acids is 2. The molecule has 2 fully saturated rings. The highest BCUT2D eigenvalue weighted by molar-refractivity contribution is 5.95. The zero-order chi connectivity index (χ0) is 19.3. The quantitative estimate of drug-likeness (QED) is 0.797.